The molecule has 0 heterocycles. The second-order valence-electron chi connectivity index (χ2n) is 3.68. The Kier molecular flexibility index (Phi) is 3.90. The molecule has 1 rings (SSSR count). The average Bonchev–Trinajstić information content (AvgIpc) is 2.25. The first kappa shape index (κ1) is 12.1. The van der Waals surface area contributed by atoms with E-state index in [1.165, 1.54) is 0 Å². The first-order valence-corrected chi connectivity index (χ1v) is 4.98. The van der Waals surface area contributed by atoms with Gasteiger partial charge >= 0.3 is 5.97 Å². The molecule has 0 aliphatic heterocycles. The van der Waals surface area contributed by atoms with Crippen molar-refractivity contribution in [1.29, 1.82) is 5.26 Å². The Morgan fingerprint density at radius 1 is 1.56 bits per heavy atom. The number of carbonyl (C=O) groups is 1. The van der Waals surface area contributed by atoms with Crippen molar-refractivity contribution in [3.63, 3.8) is 0 Å². The molecule has 0 saturated heterocycles. The fraction of sp³-hybridized carbons (Fsp3) is 0.333. The molecule has 0 atom stereocenters. The minimum atomic E-state index is -0.808. The summed E-state index contributed by atoms with van der Waals surface area (Å²) in [7, 11) is 1.84. The monoisotopic (exact) mass is 218 g/mol. The summed E-state index contributed by atoms with van der Waals surface area (Å²) in [6, 6.07) is 7.57. The SMILES string of the molecule is Cc1cc(N(C)CCC(=O)O)ccc1C#N. The lowest BCUT2D eigenvalue weighted by Crippen LogP contribution is -2.21. The van der Waals surface area contributed by atoms with Gasteiger partial charge in [-0.2, -0.15) is 5.26 Å². The van der Waals surface area contributed by atoms with Crippen LogP contribution in [-0.2, 0) is 4.79 Å². The molecule has 16 heavy (non-hydrogen) atoms. The van der Waals surface area contributed by atoms with Crippen LogP contribution in [0.4, 0.5) is 5.69 Å². The maximum atomic E-state index is 10.4. The highest BCUT2D eigenvalue weighted by Crippen LogP contribution is 2.17. The van der Waals surface area contributed by atoms with Gasteiger partial charge in [0.15, 0.2) is 0 Å². The smallest absolute Gasteiger partial charge is 0.305 e. The van der Waals surface area contributed by atoms with Crippen molar-refractivity contribution in [3.8, 4) is 6.07 Å². The Morgan fingerprint density at radius 2 is 2.25 bits per heavy atom. The van der Waals surface area contributed by atoms with E-state index in [0.717, 1.165) is 11.3 Å². The first-order chi connectivity index (χ1) is 7.54. The zero-order valence-corrected chi connectivity index (χ0v) is 9.40. The molecule has 0 bridgehead atoms. The van der Waals surface area contributed by atoms with E-state index in [-0.39, 0.29) is 6.42 Å². The van der Waals surface area contributed by atoms with Gasteiger partial charge in [0.25, 0.3) is 0 Å². The van der Waals surface area contributed by atoms with Gasteiger partial charge in [0, 0.05) is 19.3 Å². The highest BCUT2D eigenvalue weighted by Gasteiger charge is 2.05. The molecule has 0 amide bonds. The summed E-state index contributed by atoms with van der Waals surface area (Å²) in [5.41, 5.74) is 2.48. The molecule has 0 aliphatic carbocycles. The van der Waals surface area contributed by atoms with Crippen LogP contribution < -0.4 is 4.90 Å². The van der Waals surface area contributed by atoms with Crippen molar-refractivity contribution in [2.75, 3.05) is 18.5 Å². The van der Waals surface area contributed by atoms with Crippen LogP contribution in [0.2, 0.25) is 0 Å². The molecular weight excluding hydrogens is 204 g/mol. The van der Waals surface area contributed by atoms with Gasteiger partial charge in [-0.25, -0.2) is 0 Å². The van der Waals surface area contributed by atoms with Gasteiger partial charge in [-0.3, -0.25) is 4.79 Å². The summed E-state index contributed by atoms with van der Waals surface area (Å²) in [4.78, 5) is 12.3. The number of nitriles is 1. The topological polar surface area (TPSA) is 64.3 Å². The second-order valence-corrected chi connectivity index (χ2v) is 3.68. The van der Waals surface area contributed by atoms with Crippen LogP contribution in [-0.4, -0.2) is 24.7 Å². The number of nitrogens with zero attached hydrogens (tertiary/aromatic N) is 2. The van der Waals surface area contributed by atoms with E-state index in [1.807, 2.05) is 31.0 Å². The largest absolute Gasteiger partial charge is 0.481 e. The Balaban J connectivity index is 2.77. The lowest BCUT2D eigenvalue weighted by Gasteiger charge is -2.18. The second kappa shape index (κ2) is 5.17. The molecule has 0 aromatic heterocycles. The molecule has 0 radical (unpaired) electrons. The minimum Gasteiger partial charge on any atom is -0.481 e. The number of rotatable bonds is 4. The molecule has 1 N–H and O–H groups in total. The van der Waals surface area contributed by atoms with Crippen molar-refractivity contribution in [2.24, 2.45) is 0 Å². The molecule has 0 spiro atoms. The summed E-state index contributed by atoms with van der Waals surface area (Å²) in [6.07, 6.45) is 0.107. The van der Waals surface area contributed by atoms with Crippen LogP contribution in [0.3, 0.4) is 0 Å². The summed E-state index contributed by atoms with van der Waals surface area (Å²) >= 11 is 0. The predicted octanol–water partition coefficient (Wildman–Crippen LogP) is 1.78. The molecule has 0 saturated carbocycles. The van der Waals surface area contributed by atoms with E-state index in [2.05, 4.69) is 6.07 Å². The summed E-state index contributed by atoms with van der Waals surface area (Å²) in [6.45, 7) is 2.33. The zero-order chi connectivity index (χ0) is 12.1. The average molecular weight is 218 g/mol. The van der Waals surface area contributed by atoms with Gasteiger partial charge in [-0.05, 0) is 30.7 Å². The van der Waals surface area contributed by atoms with Gasteiger partial charge in [-0.1, -0.05) is 0 Å². The fourth-order valence-corrected chi connectivity index (χ4v) is 1.40. The van der Waals surface area contributed by atoms with Crippen LogP contribution in [0.25, 0.3) is 0 Å². The number of aryl methyl sites for hydroxylation is 1. The number of hydrogen-bond acceptors (Lipinski definition) is 3. The standard InChI is InChI=1S/C12H14N2O2/c1-9-7-11(4-3-10(9)8-13)14(2)6-5-12(15)16/h3-4,7H,5-6H2,1-2H3,(H,15,16). The Bertz CT molecular complexity index is 435. The van der Waals surface area contributed by atoms with Gasteiger partial charge in [0.1, 0.15) is 0 Å². The van der Waals surface area contributed by atoms with Crippen LogP contribution >= 0.6 is 0 Å². The number of carboxylic acids is 1. The maximum Gasteiger partial charge on any atom is 0.305 e. The molecule has 1 aromatic carbocycles. The number of hydrogen-bond donors (Lipinski definition) is 1. The minimum absolute atomic E-state index is 0.107. The summed E-state index contributed by atoms with van der Waals surface area (Å²) in [5, 5.41) is 17.4. The lowest BCUT2D eigenvalue weighted by molar-refractivity contribution is -0.136. The van der Waals surface area contributed by atoms with E-state index < -0.39 is 5.97 Å². The predicted molar refractivity (Wildman–Crippen MR) is 61.4 cm³/mol. The Morgan fingerprint density at radius 3 is 2.75 bits per heavy atom. The van der Waals surface area contributed by atoms with Crippen molar-refractivity contribution in [1.82, 2.24) is 0 Å². The molecule has 84 valence electrons. The number of carboxylic acid groups (broad SMARTS) is 1. The van der Waals surface area contributed by atoms with E-state index in [0.29, 0.717) is 12.1 Å². The Labute approximate surface area is 94.7 Å². The summed E-state index contributed by atoms with van der Waals surface area (Å²) in [5.74, 6) is -0.808. The van der Waals surface area contributed by atoms with Gasteiger partial charge in [0.2, 0.25) is 0 Å². The maximum absolute atomic E-state index is 10.4. The zero-order valence-electron chi connectivity index (χ0n) is 9.40. The fourth-order valence-electron chi connectivity index (χ4n) is 1.40. The molecule has 4 heteroatoms. The third-order valence-electron chi connectivity index (χ3n) is 2.43. The van der Waals surface area contributed by atoms with Crippen LogP contribution in [0, 0.1) is 18.3 Å². The molecule has 0 fully saturated rings. The third kappa shape index (κ3) is 2.99. The van der Waals surface area contributed by atoms with E-state index in [4.69, 9.17) is 10.4 Å². The highest BCUT2D eigenvalue weighted by atomic mass is 16.4. The van der Waals surface area contributed by atoms with E-state index >= 15 is 0 Å². The van der Waals surface area contributed by atoms with E-state index in [9.17, 15) is 4.79 Å². The quantitative estimate of drug-likeness (QED) is 0.836. The first-order valence-electron chi connectivity index (χ1n) is 4.98. The van der Waals surface area contributed by atoms with Crippen LogP contribution in [0.15, 0.2) is 18.2 Å². The van der Waals surface area contributed by atoms with Gasteiger partial charge in [-0.15, -0.1) is 0 Å². The number of anilines is 1. The lowest BCUT2D eigenvalue weighted by atomic mass is 10.1. The number of benzene rings is 1. The van der Waals surface area contributed by atoms with Crippen molar-refractivity contribution in [2.45, 2.75) is 13.3 Å². The number of aliphatic carboxylic acids is 1. The molecule has 1 aromatic rings. The Hall–Kier alpha value is -2.02. The van der Waals surface area contributed by atoms with Gasteiger partial charge < -0.3 is 10.0 Å². The van der Waals surface area contributed by atoms with Crippen molar-refractivity contribution >= 4 is 11.7 Å². The van der Waals surface area contributed by atoms with Gasteiger partial charge in [0.05, 0.1) is 18.1 Å². The van der Waals surface area contributed by atoms with E-state index in [1.54, 1.807) is 6.07 Å². The normalized spacial score (nSPS) is 9.56. The molecular formula is C12H14N2O2. The molecule has 0 aliphatic rings. The van der Waals surface area contributed by atoms with Crippen molar-refractivity contribution < 1.29 is 9.90 Å². The third-order valence-corrected chi connectivity index (χ3v) is 2.43. The van der Waals surface area contributed by atoms with Crippen molar-refractivity contribution in [3.05, 3.63) is 29.3 Å². The van der Waals surface area contributed by atoms with Crippen LogP contribution in [0.5, 0.6) is 0 Å². The summed E-state index contributed by atoms with van der Waals surface area (Å²) < 4.78 is 0. The van der Waals surface area contributed by atoms with Crippen LogP contribution in [0.1, 0.15) is 17.5 Å². The highest BCUT2D eigenvalue weighted by molar-refractivity contribution is 5.67. The molecule has 0 unspecified atom stereocenters. The molecule has 4 nitrogen and oxygen atoms in total.